The highest BCUT2D eigenvalue weighted by Gasteiger charge is 2.27. The third-order valence-corrected chi connectivity index (χ3v) is 9.54. The Hall–Kier alpha value is -2.51. The van der Waals surface area contributed by atoms with Crippen LogP contribution < -0.4 is 0 Å². The summed E-state index contributed by atoms with van der Waals surface area (Å²) in [4.78, 5) is 5.53. The lowest BCUT2D eigenvalue weighted by Gasteiger charge is -2.38. The van der Waals surface area contributed by atoms with Gasteiger partial charge in [0.2, 0.25) is 10.0 Å². The summed E-state index contributed by atoms with van der Waals surface area (Å²) in [5, 5.41) is 0. The highest BCUT2D eigenvalue weighted by atomic mass is 32.2. The minimum atomic E-state index is -3.52. The molecule has 1 atom stereocenters. The molecule has 198 valence electrons. The summed E-state index contributed by atoms with van der Waals surface area (Å²) in [5.41, 5.74) is 2.58. The third kappa shape index (κ3) is 7.51. The summed E-state index contributed by atoms with van der Waals surface area (Å²) >= 11 is 0. The van der Waals surface area contributed by atoms with Gasteiger partial charge < -0.3 is 4.90 Å². The fourth-order valence-electron chi connectivity index (χ4n) is 5.43. The van der Waals surface area contributed by atoms with Gasteiger partial charge in [-0.25, -0.2) is 12.7 Å². The van der Waals surface area contributed by atoms with E-state index in [-0.39, 0.29) is 5.92 Å². The van der Waals surface area contributed by atoms with Crippen molar-refractivity contribution < 1.29 is 8.42 Å². The average Bonchev–Trinajstić information content (AvgIpc) is 2.95. The molecule has 0 aliphatic carbocycles. The van der Waals surface area contributed by atoms with E-state index in [1.165, 1.54) is 28.3 Å². The Bertz CT molecular complexity index is 1160. The maximum absolute atomic E-state index is 13.2. The molecule has 0 bridgehead atoms. The molecule has 0 N–H and O–H groups in total. The second kappa shape index (κ2) is 13.3. The molecule has 1 heterocycles. The maximum Gasteiger partial charge on any atom is 0.242 e. The van der Waals surface area contributed by atoms with Crippen molar-refractivity contribution in [2.24, 2.45) is 0 Å². The smallest absolute Gasteiger partial charge is 0.242 e. The Balaban J connectivity index is 1.34. The monoisotopic (exact) mass is 519 g/mol. The van der Waals surface area contributed by atoms with Crippen molar-refractivity contribution in [1.29, 1.82) is 0 Å². The van der Waals surface area contributed by atoms with Crippen LogP contribution in [0.25, 0.3) is 0 Å². The second-order valence-corrected chi connectivity index (χ2v) is 12.2. The van der Waals surface area contributed by atoms with Gasteiger partial charge in [0.25, 0.3) is 0 Å². The molecule has 0 radical (unpaired) electrons. The van der Waals surface area contributed by atoms with Crippen LogP contribution in [0.2, 0.25) is 0 Å². The lowest BCUT2D eigenvalue weighted by atomic mass is 9.94. The molecular formula is C31H41N3O2S. The van der Waals surface area contributed by atoms with Crippen LogP contribution in [0.15, 0.2) is 95.9 Å². The molecule has 3 aromatic rings. The second-order valence-electron chi connectivity index (χ2n) is 10.1. The molecule has 1 unspecified atom stereocenters. The van der Waals surface area contributed by atoms with Crippen LogP contribution in [0.4, 0.5) is 0 Å². The molecule has 0 amide bonds. The standard InChI is InChI=1S/C31H41N3O2S/c1-3-34(25-27-13-7-4-8-14-27)30-20-23-33(24-21-30)22-19-29(28-15-9-5-10-16-28)26-32(2)37(35,36)31-17-11-6-12-18-31/h4-18,29-30H,3,19-26H2,1-2H3. The molecule has 0 aromatic heterocycles. The highest BCUT2D eigenvalue weighted by molar-refractivity contribution is 7.89. The van der Waals surface area contributed by atoms with Crippen LogP contribution >= 0.6 is 0 Å². The number of hydrogen-bond donors (Lipinski definition) is 0. The summed E-state index contributed by atoms with van der Waals surface area (Å²) in [6, 6.07) is 30.5. The summed E-state index contributed by atoms with van der Waals surface area (Å²) in [5.74, 6) is 0.146. The van der Waals surface area contributed by atoms with Crippen molar-refractivity contribution >= 4 is 10.0 Å². The van der Waals surface area contributed by atoms with Gasteiger partial charge in [-0.05, 0) is 74.6 Å². The van der Waals surface area contributed by atoms with Gasteiger partial charge in [0.1, 0.15) is 0 Å². The summed E-state index contributed by atoms with van der Waals surface area (Å²) in [7, 11) is -1.81. The van der Waals surface area contributed by atoms with Crippen LogP contribution in [0.3, 0.4) is 0 Å². The molecule has 3 aromatic carbocycles. The summed E-state index contributed by atoms with van der Waals surface area (Å²) in [6.45, 7) is 7.98. The van der Waals surface area contributed by atoms with E-state index in [2.05, 4.69) is 59.2 Å². The maximum atomic E-state index is 13.2. The zero-order valence-electron chi connectivity index (χ0n) is 22.2. The van der Waals surface area contributed by atoms with E-state index in [0.29, 0.717) is 17.5 Å². The molecule has 1 aliphatic heterocycles. The van der Waals surface area contributed by atoms with Gasteiger partial charge in [0, 0.05) is 26.2 Å². The fraction of sp³-hybridized carbons (Fsp3) is 0.419. The number of sulfonamides is 1. The number of nitrogens with zero attached hydrogens (tertiary/aromatic N) is 3. The highest BCUT2D eigenvalue weighted by Crippen LogP contribution is 2.26. The number of hydrogen-bond acceptors (Lipinski definition) is 4. The molecule has 6 heteroatoms. The molecular weight excluding hydrogens is 478 g/mol. The van der Waals surface area contributed by atoms with Crippen molar-refractivity contribution in [3.05, 3.63) is 102 Å². The number of benzene rings is 3. The summed E-state index contributed by atoms with van der Waals surface area (Å²) in [6.07, 6.45) is 3.29. The van der Waals surface area contributed by atoms with Crippen LogP contribution in [-0.4, -0.2) is 68.3 Å². The zero-order valence-corrected chi connectivity index (χ0v) is 23.1. The lowest BCUT2D eigenvalue weighted by molar-refractivity contribution is 0.105. The summed E-state index contributed by atoms with van der Waals surface area (Å²) < 4.78 is 27.9. The van der Waals surface area contributed by atoms with E-state index >= 15 is 0 Å². The Morgan fingerprint density at radius 3 is 2.03 bits per heavy atom. The molecule has 37 heavy (non-hydrogen) atoms. The van der Waals surface area contributed by atoms with Crippen LogP contribution in [0.1, 0.15) is 43.2 Å². The van der Waals surface area contributed by atoms with Gasteiger partial charge in [0.15, 0.2) is 0 Å². The number of rotatable bonds is 12. The first kappa shape index (κ1) is 27.5. The normalized spacial score (nSPS) is 16.3. The van der Waals surface area contributed by atoms with Gasteiger partial charge in [0.05, 0.1) is 4.90 Å². The SMILES string of the molecule is CCN(Cc1ccccc1)C1CCN(CCC(CN(C)S(=O)(=O)c2ccccc2)c2ccccc2)CC1. The van der Waals surface area contributed by atoms with Crippen molar-refractivity contribution in [3.8, 4) is 0 Å². The van der Waals surface area contributed by atoms with Gasteiger partial charge in [-0.2, -0.15) is 0 Å². The topological polar surface area (TPSA) is 43.9 Å². The minimum absolute atomic E-state index is 0.146. The van der Waals surface area contributed by atoms with Gasteiger partial charge in [-0.3, -0.25) is 4.90 Å². The quantitative estimate of drug-likeness (QED) is 0.318. The van der Waals surface area contributed by atoms with Crippen molar-refractivity contribution in [2.45, 2.75) is 49.6 Å². The Kier molecular flexibility index (Phi) is 9.92. The molecule has 1 saturated heterocycles. The Morgan fingerprint density at radius 2 is 1.43 bits per heavy atom. The van der Waals surface area contributed by atoms with E-state index in [0.717, 1.165) is 39.1 Å². The average molecular weight is 520 g/mol. The fourth-order valence-corrected chi connectivity index (χ4v) is 6.67. The third-order valence-electron chi connectivity index (χ3n) is 7.70. The van der Waals surface area contributed by atoms with Crippen molar-refractivity contribution in [3.63, 3.8) is 0 Å². The largest absolute Gasteiger partial charge is 0.303 e. The first-order valence-corrected chi connectivity index (χ1v) is 15.0. The van der Waals surface area contributed by atoms with E-state index in [1.807, 2.05) is 24.3 Å². The predicted octanol–water partition coefficient (Wildman–Crippen LogP) is 5.47. The van der Waals surface area contributed by atoms with Crippen molar-refractivity contribution in [2.75, 3.05) is 39.8 Å². The van der Waals surface area contributed by atoms with E-state index in [1.54, 1.807) is 31.3 Å². The molecule has 0 spiro atoms. The predicted molar refractivity (Wildman–Crippen MR) is 152 cm³/mol. The van der Waals surface area contributed by atoms with Gasteiger partial charge in [-0.15, -0.1) is 0 Å². The van der Waals surface area contributed by atoms with Crippen molar-refractivity contribution in [1.82, 2.24) is 14.1 Å². The van der Waals surface area contributed by atoms with Crippen LogP contribution in [-0.2, 0) is 16.6 Å². The molecule has 1 aliphatic rings. The molecule has 1 fully saturated rings. The minimum Gasteiger partial charge on any atom is -0.303 e. The van der Waals surface area contributed by atoms with E-state index in [9.17, 15) is 8.42 Å². The molecule has 0 saturated carbocycles. The Labute approximate surface area is 223 Å². The Morgan fingerprint density at radius 1 is 0.865 bits per heavy atom. The van der Waals surface area contributed by atoms with Crippen LogP contribution in [0.5, 0.6) is 0 Å². The lowest BCUT2D eigenvalue weighted by Crippen LogP contribution is -2.45. The van der Waals surface area contributed by atoms with Gasteiger partial charge >= 0.3 is 0 Å². The van der Waals surface area contributed by atoms with Gasteiger partial charge in [-0.1, -0.05) is 85.8 Å². The number of likely N-dealkylation sites (tertiary alicyclic amines) is 1. The number of piperidine rings is 1. The zero-order chi connectivity index (χ0) is 26.1. The molecule has 5 nitrogen and oxygen atoms in total. The number of likely N-dealkylation sites (N-methyl/N-ethyl adjacent to an activating group) is 1. The van der Waals surface area contributed by atoms with E-state index in [4.69, 9.17) is 0 Å². The van der Waals surface area contributed by atoms with E-state index < -0.39 is 10.0 Å². The van der Waals surface area contributed by atoms with Crippen LogP contribution in [0, 0.1) is 0 Å². The first-order valence-electron chi connectivity index (χ1n) is 13.5. The first-order chi connectivity index (χ1) is 18.0. The molecule has 4 rings (SSSR count).